The fraction of sp³-hybridized carbons (Fsp3) is 0.280. The predicted molar refractivity (Wildman–Crippen MR) is 127 cm³/mol. The highest BCUT2D eigenvalue weighted by Gasteiger charge is 2.28. The number of amides is 1. The Balaban J connectivity index is 1.39. The summed E-state index contributed by atoms with van der Waals surface area (Å²) in [4.78, 5) is 47.2. The van der Waals surface area contributed by atoms with Crippen LogP contribution in [0.15, 0.2) is 64.3 Å². The maximum absolute atomic E-state index is 12.9. The largest absolute Gasteiger partial charge is 0.497 e. The number of imidazole rings is 1. The van der Waals surface area contributed by atoms with Gasteiger partial charge in [-0.05, 0) is 42.7 Å². The van der Waals surface area contributed by atoms with Crippen LogP contribution < -0.4 is 16.0 Å². The van der Waals surface area contributed by atoms with Gasteiger partial charge >= 0.3 is 5.69 Å². The van der Waals surface area contributed by atoms with Crippen LogP contribution in [0.2, 0.25) is 0 Å². The number of aromatic amines is 2. The van der Waals surface area contributed by atoms with E-state index in [9.17, 15) is 14.4 Å². The summed E-state index contributed by atoms with van der Waals surface area (Å²) in [5.74, 6) is 1.42. The van der Waals surface area contributed by atoms with E-state index >= 15 is 0 Å². The molecule has 1 saturated heterocycles. The zero-order chi connectivity index (χ0) is 23.7. The van der Waals surface area contributed by atoms with Gasteiger partial charge in [0.2, 0.25) is 0 Å². The van der Waals surface area contributed by atoms with E-state index in [-0.39, 0.29) is 17.5 Å². The molecule has 4 aromatic rings. The summed E-state index contributed by atoms with van der Waals surface area (Å²) in [6, 6.07) is 16.3. The molecule has 2 N–H and O–H groups in total. The number of hydrogen-bond acceptors (Lipinski definition) is 5. The first-order valence-corrected chi connectivity index (χ1v) is 11.2. The number of carbonyl (C=O) groups is 1. The van der Waals surface area contributed by atoms with Crippen LogP contribution in [-0.4, -0.2) is 50.5 Å². The Bertz CT molecular complexity index is 1440. The number of nitrogens with zero attached hydrogens (tertiary/aromatic N) is 3. The molecular weight excluding hydrogens is 434 g/mol. The zero-order valence-corrected chi connectivity index (χ0v) is 18.8. The first-order chi connectivity index (χ1) is 16.5. The lowest BCUT2D eigenvalue weighted by molar-refractivity contribution is 0.0693. The number of aromatic nitrogens is 4. The highest BCUT2D eigenvalue weighted by Crippen LogP contribution is 2.30. The SMILES string of the molecule is COc1ccc(Cc2nc3ccccc3n2C2CCN(C(=O)c3c[nH]c(=O)[nH]c3=O)CC2)cc1. The van der Waals surface area contributed by atoms with E-state index in [1.165, 1.54) is 6.20 Å². The van der Waals surface area contributed by atoms with E-state index in [1.54, 1.807) is 12.0 Å². The maximum atomic E-state index is 12.9. The fourth-order valence-corrected chi connectivity index (χ4v) is 4.62. The second-order valence-electron chi connectivity index (χ2n) is 8.42. The van der Waals surface area contributed by atoms with E-state index < -0.39 is 11.2 Å². The lowest BCUT2D eigenvalue weighted by atomic mass is 10.0. The molecule has 1 aliphatic heterocycles. The zero-order valence-electron chi connectivity index (χ0n) is 18.8. The van der Waals surface area contributed by atoms with Gasteiger partial charge in [0.05, 0.1) is 18.1 Å². The molecule has 34 heavy (non-hydrogen) atoms. The van der Waals surface area contributed by atoms with Gasteiger partial charge in [-0.2, -0.15) is 0 Å². The van der Waals surface area contributed by atoms with Crippen molar-refractivity contribution in [1.29, 1.82) is 0 Å². The fourth-order valence-electron chi connectivity index (χ4n) is 4.62. The third-order valence-electron chi connectivity index (χ3n) is 6.36. The summed E-state index contributed by atoms with van der Waals surface area (Å²) in [5.41, 5.74) is 1.82. The Morgan fingerprint density at radius 2 is 1.82 bits per heavy atom. The van der Waals surface area contributed by atoms with Crippen molar-refractivity contribution in [2.24, 2.45) is 0 Å². The number of benzene rings is 2. The summed E-state index contributed by atoms with van der Waals surface area (Å²) in [5, 5.41) is 0. The Morgan fingerprint density at radius 1 is 1.09 bits per heavy atom. The summed E-state index contributed by atoms with van der Waals surface area (Å²) in [6.45, 7) is 1.02. The van der Waals surface area contributed by atoms with Crippen LogP contribution in [0, 0.1) is 0 Å². The Kier molecular flexibility index (Phi) is 5.75. The van der Waals surface area contributed by atoms with Crippen molar-refractivity contribution in [2.75, 3.05) is 20.2 Å². The number of piperidine rings is 1. The first-order valence-electron chi connectivity index (χ1n) is 11.2. The van der Waals surface area contributed by atoms with Crippen LogP contribution in [0.25, 0.3) is 11.0 Å². The highest BCUT2D eigenvalue weighted by molar-refractivity contribution is 5.93. The van der Waals surface area contributed by atoms with E-state index in [0.717, 1.165) is 41.0 Å². The van der Waals surface area contributed by atoms with Gasteiger partial charge in [-0.3, -0.25) is 14.6 Å². The average molecular weight is 460 g/mol. The van der Waals surface area contributed by atoms with Gasteiger partial charge in [0, 0.05) is 31.7 Å². The van der Waals surface area contributed by atoms with Gasteiger partial charge in [0.15, 0.2) is 0 Å². The average Bonchev–Trinajstić information content (AvgIpc) is 3.22. The standard InChI is InChI=1S/C25H25N5O4/c1-34-18-8-6-16(7-9-18)14-22-27-20-4-2-3-5-21(20)30(22)17-10-12-29(13-11-17)24(32)19-15-26-25(33)28-23(19)31/h2-9,15,17H,10-14H2,1H3,(H2,26,28,31,33). The molecule has 0 radical (unpaired) electrons. The number of nitrogens with one attached hydrogen (secondary N) is 2. The molecule has 0 unspecified atom stereocenters. The molecule has 174 valence electrons. The van der Waals surface area contributed by atoms with Crippen molar-refractivity contribution in [3.05, 3.63) is 92.5 Å². The van der Waals surface area contributed by atoms with E-state index in [2.05, 4.69) is 20.6 Å². The van der Waals surface area contributed by atoms with Gasteiger partial charge in [-0.25, -0.2) is 9.78 Å². The normalized spacial score (nSPS) is 14.4. The van der Waals surface area contributed by atoms with Crippen LogP contribution in [0.5, 0.6) is 5.75 Å². The van der Waals surface area contributed by atoms with Crippen LogP contribution in [0.1, 0.15) is 40.6 Å². The van der Waals surface area contributed by atoms with Crippen molar-refractivity contribution in [2.45, 2.75) is 25.3 Å². The first kappa shape index (κ1) is 21.7. The van der Waals surface area contributed by atoms with Gasteiger partial charge < -0.3 is 19.2 Å². The van der Waals surface area contributed by atoms with Crippen LogP contribution in [-0.2, 0) is 6.42 Å². The van der Waals surface area contributed by atoms with Crippen molar-refractivity contribution in [3.8, 4) is 5.75 Å². The van der Waals surface area contributed by atoms with Crippen LogP contribution in [0.4, 0.5) is 0 Å². The van der Waals surface area contributed by atoms with Gasteiger partial charge in [-0.15, -0.1) is 0 Å². The van der Waals surface area contributed by atoms with Gasteiger partial charge in [0.25, 0.3) is 11.5 Å². The van der Waals surface area contributed by atoms with E-state index in [4.69, 9.17) is 9.72 Å². The molecule has 0 atom stereocenters. The third kappa shape index (κ3) is 4.12. The lowest BCUT2D eigenvalue weighted by Gasteiger charge is -2.33. The summed E-state index contributed by atoms with van der Waals surface area (Å²) in [7, 11) is 1.65. The number of H-pyrrole nitrogens is 2. The minimum absolute atomic E-state index is 0.0497. The molecular formula is C25H25N5O4. The number of carbonyl (C=O) groups excluding carboxylic acids is 1. The van der Waals surface area contributed by atoms with Crippen LogP contribution >= 0.6 is 0 Å². The molecule has 1 aliphatic rings. The number of para-hydroxylation sites is 2. The molecule has 1 fully saturated rings. The van der Waals surface area contributed by atoms with Crippen molar-refractivity contribution in [1.82, 2.24) is 24.4 Å². The Morgan fingerprint density at radius 3 is 2.53 bits per heavy atom. The molecule has 5 rings (SSSR count). The number of ether oxygens (including phenoxy) is 1. The third-order valence-corrected chi connectivity index (χ3v) is 6.36. The molecule has 0 spiro atoms. The second kappa shape index (κ2) is 9.01. The summed E-state index contributed by atoms with van der Waals surface area (Å²) in [6.07, 6.45) is 3.35. The summed E-state index contributed by atoms with van der Waals surface area (Å²) < 4.78 is 7.57. The number of likely N-dealkylation sites (tertiary alicyclic amines) is 1. The predicted octanol–water partition coefficient (Wildman–Crippen LogP) is 2.49. The van der Waals surface area contributed by atoms with E-state index in [0.29, 0.717) is 19.5 Å². The Labute approximate surface area is 195 Å². The lowest BCUT2D eigenvalue weighted by Crippen LogP contribution is -2.42. The molecule has 0 saturated carbocycles. The molecule has 1 amide bonds. The molecule has 2 aromatic carbocycles. The van der Waals surface area contributed by atoms with Gasteiger partial charge in [0.1, 0.15) is 17.1 Å². The second-order valence-corrected chi connectivity index (χ2v) is 8.42. The van der Waals surface area contributed by atoms with Crippen molar-refractivity contribution in [3.63, 3.8) is 0 Å². The number of fused-ring (bicyclic) bond motifs is 1. The topological polar surface area (TPSA) is 113 Å². The van der Waals surface area contributed by atoms with Gasteiger partial charge in [-0.1, -0.05) is 24.3 Å². The molecule has 0 aliphatic carbocycles. The van der Waals surface area contributed by atoms with E-state index in [1.807, 2.05) is 42.5 Å². The summed E-state index contributed by atoms with van der Waals surface area (Å²) >= 11 is 0. The monoisotopic (exact) mass is 459 g/mol. The number of methoxy groups -OCH3 is 1. The number of hydrogen-bond donors (Lipinski definition) is 2. The minimum Gasteiger partial charge on any atom is -0.497 e. The smallest absolute Gasteiger partial charge is 0.325 e. The molecule has 9 heteroatoms. The molecule has 2 aromatic heterocycles. The Hall–Kier alpha value is -4.14. The van der Waals surface area contributed by atoms with Crippen molar-refractivity contribution < 1.29 is 9.53 Å². The molecule has 9 nitrogen and oxygen atoms in total. The number of rotatable bonds is 5. The minimum atomic E-state index is -0.668. The maximum Gasteiger partial charge on any atom is 0.325 e. The van der Waals surface area contributed by atoms with Crippen molar-refractivity contribution >= 4 is 16.9 Å². The highest BCUT2D eigenvalue weighted by atomic mass is 16.5. The van der Waals surface area contributed by atoms with Crippen LogP contribution in [0.3, 0.4) is 0 Å². The quantitative estimate of drug-likeness (QED) is 0.476. The molecule has 0 bridgehead atoms. The molecule has 3 heterocycles.